The van der Waals surface area contributed by atoms with E-state index in [0.29, 0.717) is 11.5 Å². The molecule has 1 heterocycles. The first kappa shape index (κ1) is 15.8. The van der Waals surface area contributed by atoms with Gasteiger partial charge >= 0.3 is 0 Å². The van der Waals surface area contributed by atoms with E-state index < -0.39 is 0 Å². The summed E-state index contributed by atoms with van der Waals surface area (Å²) in [6.07, 6.45) is 6.86. The first-order valence-corrected chi connectivity index (χ1v) is 8.01. The molecule has 0 amide bonds. The number of benzene rings is 1. The van der Waals surface area contributed by atoms with Crippen molar-refractivity contribution >= 4 is 0 Å². The summed E-state index contributed by atoms with van der Waals surface area (Å²) in [6, 6.07) is 11.3. The summed E-state index contributed by atoms with van der Waals surface area (Å²) in [5.74, 6) is 1.34. The summed E-state index contributed by atoms with van der Waals surface area (Å²) in [5, 5.41) is 0. The van der Waals surface area contributed by atoms with Gasteiger partial charge in [-0.3, -0.25) is 0 Å². The van der Waals surface area contributed by atoms with Crippen LogP contribution >= 0.6 is 0 Å². The Labute approximate surface area is 129 Å². The van der Waals surface area contributed by atoms with Crippen molar-refractivity contribution in [3.05, 3.63) is 54.1 Å². The molecule has 0 fully saturated rings. The predicted octanol–water partition coefficient (Wildman–Crippen LogP) is 4.52. The van der Waals surface area contributed by atoms with Crippen molar-refractivity contribution < 1.29 is 4.57 Å². The van der Waals surface area contributed by atoms with E-state index in [2.05, 4.69) is 86.5 Å². The Kier molecular flexibility index (Phi) is 4.87. The van der Waals surface area contributed by atoms with Crippen LogP contribution in [-0.4, -0.2) is 4.57 Å². The van der Waals surface area contributed by atoms with Crippen LogP contribution < -0.4 is 4.57 Å². The molecular weight excluding hydrogens is 256 g/mol. The van der Waals surface area contributed by atoms with Gasteiger partial charge in [-0.1, -0.05) is 58.0 Å². The highest BCUT2D eigenvalue weighted by Gasteiger charge is 2.25. The molecule has 0 N–H and O–H groups in total. The van der Waals surface area contributed by atoms with E-state index in [1.165, 1.54) is 24.2 Å². The van der Waals surface area contributed by atoms with Crippen LogP contribution in [0.15, 0.2) is 42.7 Å². The van der Waals surface area contributed by atoms with E-state index in [4.69, 9.17) is 0 Å². The zero-order valence-electron chi connectivity index (χ0n) is 14.1. The second-order valence-corrected chi connectivity index (χ2v) is 7.19. The molecule has 1 aromatic carbocycles. The lowest BCUT2D eigenvalue weighted by molar-refractivity contribution is -0.694. The Bertz CT molecular complexity index is 561. The molecule has 2 nitrogen and oxygen atoms in total. The molecular formula is C19H29N2+. The monoisotopic (exact) mass is 285 g/mol. The van der Waals surface area contributed by atoms with Crippen molar-refractivity contribution in [3.8, 4) is 0 Å². The summed E-state index contributed by atoms with van der Waals surface area (Å²) in [5.41, 5.74) is 1.72. The van der Waals surface area contributed by atoms with Crippen LogP contribution in [0.3, 0.4) is 0 Å². The first-order chi connectivity index (χ1) is 9.90. The number of imidazole rings is 1. The third-order valence-corrected chi connectivity index (χ3v) is 4.10. The quantitative estimate of drug-likeness (QED) is 0.714. The average molecular weight is 285 g/mol. The summed E-state index contributed by atoms with van der Waals surface area (Å²) < 4.78 is 4.80. The summed E-state index contributed by atoms with van der Waals surface area (Å²) >= 11 is 0. The molecule has 2 aromatic rings. The van der Waals surface area contributed by atoms with E-state index in [0.717, 1.165) is 6.54 Å². The number of rotatable bonds is 5. The Hall–Kier alpha value is -1.57. The molecule has 1 aromatic heterocycles. The average Bonchev–Trinajstić information content (AvgIpc) is 2.78. The van der Waals surface area contributed by atoms with Gasteiger partial charge in [-0.25, -0.2) is 9.13 Å². The van der Waals surface area contributed by atoms with E-state index in [9.17, 15) is 0 Å². The maximum atomic E-state index is 2.45. The van der Waals surface area contributed by atoms with Crippen LogP contribution in [0.2, 0.25) is 0 Å². The lowest BCUT2D eigenvalue weighted by Gasteiger charge is -2.23. The van der Waals surface area contributed by atoms with Crippen LogP contribution in [0.5, 0.6) is 0 Å². The van der Waals surface area contributed by atoms with Crippen molar-refractivity contribution in [2.75, 3.05) is 0 Å². The molecule has 2 heteroatoms. The molecule has 114 valence electrons. The second-order valence-electron chi connectivity index (χ2n) is 7.19. The Morgan fingerprint density at radius 1 is 1.14 bits per heavy atom. The summed E-state index contributed by atoms with van der Waals surface area (Å²) in [4.78, 5) is 0. The van der Waals surface area contributed by atoms with Crippen LogP contribution in [0.25, 0.3) is 0 Å². The minimum Gasteiger partial charge on any atom is -0.232 e. The lowest BCUT2D eigenvalue weighted by atomic mass is 9.87. The molecule has 1 atom stereocenters. The highest BCUT2D eigenvalue weighted by atomic mass is 15.2. The van der Waals surface area contributed by atoms with Gasteiger partial charge in [0.05, 0.1) is 0 Å². The van der Waals surface area contributed by atoms with Gasteiger partial charge in [0.2, 0.25) is 0 Å². The molecule has 0 radical (unpaired) electrons. The van der Waals surface area contributed by atoms with Crippen LogP contribution in [0, 0.1) is 12.3 Å². The van der Waals surface area contributed by atoms with E-state index in [-0.39, 0.29) is 0 Å². The van der Waals surface area contributed by atoms with Gasteiger partial charge in [0.1, 0.15) is 25.0 Å². The number of aromatic nitrogens is 2. The SMILES string of the molecule is CCC(CC(C)(C)C)n1cc[n+](Cc2ccccc2)c1C. The van der Waals surface area contributed by atoms with Gasteiger partial charge in [-0.2, -0.15) is 0 Å². The third kappa shape index (κ3) is 4.20. The largest absolute Gasteiger partial charge is 0.253 e. The van der Waals surface area contributed by atoms with E-state index in [1.54, 1.807) is 0 Å². The normalized spacial score (nSPS) is 13.4. The van der Waals surface area contributed by atoms with Gasteiger partial charge in [-0.05, 0) is 23.8 Å². The highest BCUT2D eigenvalue weighted by Crippen LogP contribution is 2.29. The minimum atomic E-state index is 0.363. The zero-order chi connectivity index (χ0) is 15.5. The molecule has 0 saturated heterocycles. The minimum absolute atomic E-state index is 0.363. The summed E-state index contributed by atoms with van der Waals surface area (Å²) in [6.45, 7) is 12.4. The maximum absolute atomic E-state index is 2.45. The lowest BCUT2D eigenvalue weighted by Crippen LogP contribution is -2.36. The van der Waals surface area contributed by atoms with Crippen LogP contribution in [-0.2, 0) is 6.54 Å². The Morgan fingerprint density at radius 2 is 1.81 bits per heavy atom. The van der Waals surface area contributed by atoms with Crippen molar-refractivity contribution in [2.24, 2.45) is 5.41 Å². The fourth-order valence-electron chi connectivity index (χ4n) is 3.00. The zero-order valence-corrected chi connectivity index (χ0v) is 14.1. The van der Waals surface area contributed by atoms with Gasteiger partial charge in [0.25, 0.3) is 5.82 Å². The van der Waals surface area contributed by atoms with Crippen molar-refractivity contribution in [1.82, 2.24) is 4.57 Å². The smallest absolute Gasteiger partial charge is 0.232 e. The molecule has 0 saturated carbocycles. The van der Waals surface area contributed by atoms with Gasteiger partial charge in [-0.15, -0.1) is 0 Å². The fraction of sp³-hybridized carbons (Fsp3) is 0.526. The first-order valence-electron chi connectivity index (χ1n) is 8.01. The van der Waals surface area contributed by atoms with Gasteiger partial charge in [0, 0.05) is 6.92 Å². The Balaban J connectivity index is 2.19. The maximum Gasteiger partial charge on any atom is 0.253 e. The molecule has 1 unspecified atom stereocenters. The molecule has 0 aliphatic heterocycles. The van der Waals surface area contributed by atoms with Crippen molar-refractivity contribution in [3.63, 3.8) is 0 Å². The van der Waals surface area contributed by atoms with Crippen LogP contribution in [0.1, 0.15) is 58.0 Å². The highest BCUT2D eigenvalue weighted by molar-refractivity contribution is 5.13. The van der Waals surface area contributed by atoms with Gasteiger partial charge in [0.15, 0.2) is 0 Å². The number of nitrogens with zero attached hydrogens (tertiary/aromatic N) is 2. The fourth-order valence-corrected chi connectivity index (χ4v) is 3.00. The molecule has 0 bridgehead atoms. The predicted molar refractivity (Wildman–Crippen MR) is 88.3 cm³/mol. The number of hydrogen-bond donors (Lipinski definition) is 0. The van der Waals surface area contributed by atoms with E-state index >= 15 is 0 Å². The molecule has 2 rings (SSSR count). The molecule has 0 aliphatic rings. The topological polar surface area (TPSA) is 8.81 Å². The molecule has 0 spiro atoms. The summed E-state index contributed by atoms with van der Waals surface area (Å²) in [7, 11) is 0. The number of hydrogen-bond acceptors (Lipinski definition) is 0. The Morgan fingerprint density at radius 3 is 2.38 bits per heavy atom. The molecule has 21 heavy (non-hydrogen) atoms. The van der Waals surface area contributed by atoms with Crippen LogP contribution in [0.4, 0.5) is 0 Å². The van der Waals surface area contributed by atoms with E-state index in [1.807, 2.05) is 0 Å². The van der Waals surface area contributed by atoms with Crippen molar-refractivity contribution in [2.45, 2.75) is 60.0 Å². The van der Waals surface area contributed by atoms with Gasteiger partial charge < -0.3 is 0 Å². The van der Waals surface area contributed by atoms with Crippen molar-refractivity contribution in [1.29, 1.82) is 0 Å². The third-order valence-electron chi connectivity index (χ3n) is 4.10. The molecule has 0 aliphatic carbocycles. The standard InChI is InChI=1S/C19H29N2/c1-6-18(14-19(3,4)5)21-13-12-20(16(21)2)15-17-10-8-7-9-11-17/h7-13,18H,6,14-15H2,1-5H3/q+1. The second kappa shape index (κ2) is 6.46.